The standard InChI is InChI=1S/C19H18F2N4O2S/c1-25-11-12(10-22-25)23-19(27)14-8-17(16(21)9-15(14)20)24-18(26)6-2-4-13-5-3-7-28-13/h3,5,7-11H,2,4,6H2,1H3,(H,23,27)(H,24,26). The molecule has 9 heteroatoms. The Kier molecular flexibility index (Phi) is 6.15. The SMILES string of the molecule is Cn1cc(NC(=O)c2cc(NC(=O)CCCc3cccs3)c(F)cc2F)cn1. The summed E-state index contributed by atoms with van der Waals surface area (Å²) in [6, 6.07) is 5.49. The molecule has 0 fully saturated rings. The quantitative estimate of drug-likeness (QED) is 0.626. The molecule has 0 aliphatic carbocycles. The molecule has 0 aliphatic heterocycles. The van der Waals surface area contributed by atoms with Gasteiger partial charge in [0.25, 0.3) is 5.91 Å². The maximum absolute atomic E-state index is 14.1. The zero-order chi connectivity index (χ0) is 20.1. The fourth-order valence-electron chi connectivity index (χ4n) is 2.59. The summed E-state index contributed by atoms with van der Waals surface area (Å²) in [6.45, 7) is 0. The number of rotatable bonds is 7. The minimum Gasteiger partial charge on any atom is -0.324 e. The minimum atomic E-state index is -1.02. The number of aryl methyl sites for hydroxylation is 2. The van der Waals surface area contributed by atoms with Crippen molar-refractivity contribution in [3.63, 3.8) is 0 Å². The Morgan fingerprint density at radius 1 is 1.21 bits per heavy atom. The Morgan fingerprint density at radius 2 is 2.04 bits per heavy atom. The van der Waals surface area contributed by atoms with Crippen LogP contribution in [0, 0.1) is 11.6 Å². The van der Waals surface area contributed by atoms with Crippen LogP contribution in [-0.2, 0) is 18.3 Å². The number of carbonyl (C=O) groups is 2. The highest BCUT2D eigenvalue weighted by Gasteiger charge is 2.18. The van der Waals surface area contributed by atoms with Gasteiger partial charge in [0.05, 0.1) is 23.1 Å². The van der Waals surface area contributed by atoms with Crippen molar-refractivity contribution in [2.75, 3.05) is 10.6 Å². The largest absolute Gasteiger partial charge is 0.324 e. The van der Waals surface area contributed by atoms with E-state index in [-0.39, 0.29) is 17.7 Å². The molecule has 2 N–H and O–H groups in total. The number of aromatic nitrogens is 2. The molecule has 146 valence electrons. The predicted molar refractivity (Wildman–Crippen MR) is 103 cm³/mol. The van der Waals surface area contributed by atoms with Gasteiger partial charge < -0.3 is 10.6 Å². The normalized spacial score (nSPS) is 10.7. The predicted octanol–water partition coefficient (Wildman–Crippen LogP) is 3.97. The molecule has 3 aromatic rings. The Balaban J connectivity index is 1.64. The van der Waals surface area contributed by atoms with E-state index in [4.69, 9.17) is 0 Å². The lowest BCUT2D eigenvalue weighted by Crippen LogP contribution is -2.17. The first-order chi connectivity index (χ1) is 13.4. The summed E-state index contributed by atoms with van der Waals surface area (Å²) < 4.78 is 29.6. The molecule has 6 nitrogen and oxygen atoms in total. The van der Waals surface area contributed by atoms with Crippen molar-refractivity contribution < 1.29 is 18.4 Å². The summed E-state index contributed by atoms with van der Waals surface area (Å²) in [4.78, 5) is 25.5. The molecule has 0 atom stereocenters. The van der Waals surface area contributed by atoms with Crippen LogP contribution in [0.5, 0.6) is 0 Å². The lowest BCUT2D eigenvalue weighted by molar-refractivity contribution is -0.116. The maximum Gasteiger partial charge on any atom is 0.258 e. The van der Waals surface area contributed by atoms with Crippen molar-refractivity contribution in [2.24, 2.45) is 7.05 Å². The van der Waals surface area contributed by atoms with Gasteiger partial charge >= 0.3 is 0 Å². The van der Waals surface area contributed by atoms with Crippen LogP contribution in [0.4, 0.5) is 20.2 Å². The summed E-state index contributed by atoms with van der Waals surface area (Å²) in [5.41, 5.74) is -0.242. The molecule has 2 amide bonds. The van der Waals surface area contributed by atoms with Gasteiger partial charge in [-0.3, -0.25) is 14.3 Å². The van der Waals surface area contributed by atoms with E-state index < -0.39 is 23.4 Å². The third kappa shape index (κ3) is 5.01. The Labute approximate surface area is 164 Å². The second kappa shape index (κ2) is 8.75. The molecule has 0 saturated carbocycles. The Hall–Kier alpha value is -3.07. The number of hydrogen-bond donors (Lipinski definition) is 2. The van der Waals surface area contributed by atoms with Crippen LogP contribution < -0.4 is 10.6 Å². The second-order valence-electron chi connectivity index (χ2n) is 6.15. The number of thiophene rings is 1. The van der Waals surface area contributed by atoms with Crippen molar-refractivity contribution in [1.82, 2.24) is 9.78 Å². The van der Waals surface area contributed by atoms with E-state index in [0.717, 1.165) is 17.4 Å². The average Bonchev–Trinajstić information content (AvgIpc) is 3.29. The van der Waals surface area contributed by atoms with Gasteiger partial charge in [-0.05, 0) is 30.4 Å². The lowest BCUT2D eigenvalue weighted by atomic mass is 10.1. The molecule has 0 unspecified atom stereocenters. The summed E-state index contributed by atoms with van der Waals surface area (Å²) >= 11 is 1.61. The van der Waals surface area contributed by atoms with E-state index >= 15 is 0 Å². The number of carbonyl (C=O) groups excluding carboxylic acids is 2. The van der Waals surface area contributed by atoms with Gasteiger partial charge in [0, 0.05) is 30.6 Å². The number of hydrogen-bond acceptors (Lipinski definition) is 4. The highest BCUT2D eigenvalue weighted by Crippen LogP contribution is 2.21. The van der Waals surface area contributed by atoms with Crippen LogP contribution >= 0.6 is 11.3 Å². The van der Waals surface area contributed by atoms with Gasteiger partial charge in [0.15, 0.2) is 0 Å². The van der Waals surface area contributed by atoms with Gasteiger partial charge in [-0.15, -0.1) is 11.3 Å². The first-order valence-corrected chi connectivity index (χ1v) is 9.41. The topological polar surface area (TPSA) is 76.0 Å². The molecule has 1 aromatic carbocycles. The molecule has 0 aliphatic rings. The fraction of sp³-hybridized carbons (Fsp3) is 0.211. The molecular formula is C19H18F2N4O2S. The highest BCUT2D eigenvalue weighted by molar-refractivity contribution is 7.09. The third-order valence-electron chi connectivity index (χ3n) is 3.95. The smallest absolute Gasteiger partial charge is 0.258 e. The first kappa shape index (κ1) is 19.7. The molecule has 0 spiro atoms. The number of halogens is 2. The zero-order valence-electron chi connectivity index (χ0n) is 15.0. The molecule has 28 heavy (non-hydrogen) atoms. The highest BCUT2D eigenvalue weighted by atomic mass is 32.1. The van der Waals surface area contributed by atoms with Gasteiger partial charge in [0.1, 0.15) is 11.6 Å². The monoisotopic (exact) mass is 404 g/mol. The fourth-order valence-corrected chi connectivity index (χ4v) is 3.34. The van der Waals surface area contributed by atoms with Crippen LogP contribution in [-0.4, -0.2) is 21.6 Å². The number of nitrogens with one attached hydrogen (secondary N) is 2. The van der Waals surface area contributed by atoms with E-state index in [0.29, 0.717) is 18.2 Å². The van der Waals surface area contributed by atoms with E-state index in [1.54, 1.807) is 18.4 Å². The average molecular weight is 404 g/mol. The molecule has 0 saturated heterocycles. The van der Waals surface area contributed by atoms with Gasteiger partial charge in [-0.1, -0.05) is 6.07 Å². The number of amides is 2. The summed E-state index contributed by atoms with van der Waals surface area (Å²) in [7, 11) is 1.67. The Bertz CT molecular complexity index is 986. The van der Waals surface area contributed by atoms with Crippen molar-refractivity contribution >= 4 is 34.5 Å². The van der Waals surface area contributed by atoms with Gasteiger partial charge in [-0.2, -0.15) is 5.10 Å². The number of nitrogens with zero attached hydrogens (tertiary/aromatic N) is 2. The molecule has 0 radical (unpaired) electrons. The molecule has 0 bridgehead atoms. The molecule has 3 rings (SSSR count). The van der Waals surface area contributed by atoms with Crippen LogP contribution in [0.2, 0.25) is 0 Å². The van der Waals surface area contributed by atoms with E-state index in [9.17, 15) is 18.4 Å². The van der Waals surface area contributed by atoms with Crippen LogP contribution in [0.3, 0.4) is 0 Å². The van der Waals surface area contributed by atoms with Crippen molar-refractivity contribution in [3.8, 4) is 0 Å². The first-order valence-electron chi connectivity index (χ1n) is 8.53. The zero-order valence-corrected chi connectivity index (χ0v) is 15.9. The van der Waals surface area contributed by atoms with Crippen molar-refractivity contribution in [3.05, 3.63) is 64.1 Å². The van der Waals surface area contributed by atoms with Crippen LogP contribution in [0.25, 0.3) is 0 Å². The summed E-state index contributed by atoms with van der Waals surface area (Å²) in [5.74, 6) is -3.13. The molecule has 2 aromatic heterocycles. The van der Waals surface area contributed by atoms with Crippen LogP contribution in [0.1, 0.15) is 28.1 Å². The number of benzene rings is 1. The minimum absolute atomic E-state index is 0.186. The van der Waals surface area contributed by atoms with E-state index in [2.05, 4.69) is 15.7 Å². The Morgan fingerprint density at radius 3 is 2.71 bits per heavy atom. The van der Waals surface area contributed by atoms with Gasteiger partial charge in [-0.25, -0.2) is 8.78 Å². The molecule has 2 heterocycles. The van der Waals surface area contributed by atoms with E-state index in [1.165, 1.54) is 17.1 Å². The summed E-state index contributed by atoms with van der Waals surface area (Å²) in [5, 5.41) is 10.7. The third-order valence-corrected chi connectivity index (χ3v) is 4.88. The molecular weight excluding hydrogens is 386 g/mol. The van der Waals surface area contributed by atoms with Crippen molar-refractivity contribution in [2.45, 2.75) is 19.3 Å². The van der Waals surface area contributed by atoms with Crippen molar-refractivity contribution in [1.29, 1.82) is 0 Å². The van der Waals surface area contributed by atoms with E-state index in [1.807, 2.05) is 17.5 Å². The summed E-state index contributed by atoms with van der Waals surface area (Å²) in [6.07, 6.45) is 4.47. The van der Waals surface area contributed by atoms with Gasteiger partial charge in [0.2, 0.25) is 5.91 Å². The maximum atomic E-state index is 14.1. The second-order valence-corrected chi connectivity index (χ2v) is 7.18. The number of anilines is 2. The van der Waals surface area contributed by atoms with Crippen LogP contribution in [0.15, 0.2) is 42.0 Å². The lowest BCUT2D eigenvalue weighted by Gasteiger charge is -2.10.